The summed E-state index contributed by atoms with van der Waals surface area (Å²) >= 11 is 0. The number of nitrogens with two attached hydrogens (primary N) is 1. The Balaban J connectivity index is 2.33. The van der Waals surface area contributed by atoms with Crippen molar-refractivity contribution in [1.29, 1.82) is 0 Å². The Labute approximate surface area is 129 Å². The van der Waals surface area contributed by atoms with Crippen molar-refractivity contribution < 1.29 is 9.53 Å². The monoisotopic (exact) mass is 300 g/mol. The molecule has 6 heteroatoms. The largest absolute Gasteiger partial charge is 0.444 e. The second-order valence-corrected chi connectivity index (χ2v) is 6.93. The fourth-order valence-corrected chi connectivity index (χ4v) is 2.51. The number of carbonyl (C=O) groups is 1. The van der Waals surface area contributed by atoms with E-state index in [1.165, 1.54) is 0 Å². The number of alkyl carbamates (subject to hydrolysis) is 1. The molecule has 0 aliphatic carbocycles. The third-order valence-electron chi connectivity index (χ3n) is 3.93. The maximum atomic E-state index is 11.6. The van der Waals surface area contributed by atoms with Crippen molar-refractivity contribution in [2.75, 3.05) is 39.8 Å². The molecule has 124 valence electrons. The molecular formula is C15H32N4O2. The number of likely N-dealkylation sites (N-methyl/N-ethyl adjacent to an activating group) is 1. The van der Waals surface area contributed by atoms with Gasteiger partial charge in [0.1, 0.15) is 5.60 Å². The van der Waals surface area contributed by atoms with Gasteiger partial charge in [-0.3, -0.25) is 4.90 Å². The van der Waals surface area contributed by atoms with E-state index in [0.717, 1.165) is 26.1 Å². The molecule has 1 amide bonds. The van der Waals surface area contributed by atoms with Gasteiger partial charge in [-0.2, -0.15) is 0 Å². The van der Waals surface area contributed by atoms with E-state index in [1.54, 1.807) is 0 Å². The second kappa shape index (κ2) is 7.96. The van der Waals surface area contributed by atoms with Gasteiger partial charge in [-0.05, 0) is 41.2 Å². The Morgan fingerprint density at radius 1 is 1.43 bits per heavy atom. The van der Waals surface area contributed by atoms with Crippen molar-refractivity contribution in [3.05, 3.63) is 0 Å². The van der Waals surface area contributed by atoms with Crippen LogP contribution in [0.5, 0.6) is 0 Å². The van der Waals surface area contributed by atoms with Gasteiger partial charge in [0.05, 0.1) is 0 Å². The lowest BCUT2D eigenvalue weighted by atomic mass is 10.1. The fraction of sp³-hybridized carbons (Fsp3) is 0.933. The zero-order valence-electron chi connectivity index (χ0n) is 14.2. The SMILES string of the molecule is CC1CN(C(CN)CCNC(=O)OC(C)(C)C)CCN1C. The number of nitrogens with zero attached hydrogens (tertiary/aromatic N) is 2. The predicted octanol–water partition coefficient (Wildman–Crippen LogP) is 0.864. The number of hydrogen-bond acceptors (Lipinski definition) is 5. The number of amides is 1. The number of carbonyl (C=O) groups excluding carboxylic acids is 1. The van der Waals surface area contributed by atoms with Crippen LogP contribution in [0.2, 0.25) is 0 Å². The van der Waals surface area contributed by atoms with E-state index in [-0.39, 0.29) is 6.09 Å². The van der Waals surface area contributed by atoms with Crippen LogP contribution in [0.25, 0.3) is 0 Å². The van der Waals surface area contributed by atoms with Crippen molar-refractivity contribution in [1.82, 2.24) is 15.1 Å². The van der Waals surface area contributed by atoms with Crippen LogP contribution < -0.4 is 11.1 Å². The van der Waals surface area contributed by atoms with E-state index < -0.39 is 5.60 Å². The predicted molar refractivity (Wildman–Crippen MR) is 85.4 cm³/mol. The molecule has 1 rings (SSSR count). The zero-order chi connectivity index (χ0) is 16.0. The van der Waals surface area contributed by atoms with Gasteiger partial charge in [-0.1, -0.05) is 0 Å². The number of piperazine rings is 1. The van der Waals surface area contributed by atoms with Crippen molar-refractivity contribution in [3.63, 3.8) is 0 Å². The zero-order valence-corrected chi connectivity index (χ0v) is 14.2. The van der Waals surface area contributed by atoms with E-state index in [0.29, 0.717) is 25.2 Å². The van der Waals surface area contributed by atoms with Crippen LogP contribution in [-0.4, -0.2) is 73.3 Å². The van der Waals surface area contributed by atoms with Crippen LogP contribution in [0.15, 0.2) is 0 Å². The molecular weight excluding hydrogens is 268 g/mol. The summed E-state index contributed by atoms with van der Waals surface area (Å²) < 4.78 is 5.23. The third-order valence-corrected chi connectivity index (χ3v) is 3.93. The first kappa shape index (κ1) is 18.2. The second-order valence-electron chi connectivity index (χ2n) is 6.93. The Morgan fingerprint density at radius 2 is 2.10 bits per heavy atom. The highest BCUT2D eigenvalue weighted by atomic mass is 16.6. The van der Waals surface area contributed by atoms with Gasteiger partial charge in [-0.15, -0.1) is 0 Å². The van der Waals surface area contributed by atoms with Gasteiger partial charge in [-0.25, -0.2) is 4.79 Å². The summed E-state index contributed by atoms with van der Waals surface area (Å²) in [4.78, 5) is 16.4. The molecule has 21 heavy (non-hydrogen) atoms. The van der Waals surface area contributed by atoms with Crippen LogP contribution in [0.1, 0.15) is 34.1 Å². The molecule has 1 heterocycles. The molecule has 1 aliphatic rings. The molecule has 0 aromatic rings. The van der Waals surface area contributed by atoms with Crippen molar-refractivity contribution >= 4 is 6.09 Å². The van der Waals surface area contributed by atoms with Gasteiger partial charge < -0.3 is 20.7 Å². The maximum absolute atomic E-state index is 11.6. The smallest absolute Gasteiger partial charge is 0.407 e. The Kier molecular flexibility index (Phi) is 6.90. The molecule has 0 aromatic carbocycles. The highest BCUT2D eigenvalue weighted by molar-refractivity contribution is 5.67. The summed E-state index contributed by atoms with van der Waals surface area (Å²) in [5.74, 6) is 0. The maximum Gasteiger partial charge on any atom is 0.407 e. The first-order chi connectivity index (χ1) is 9.73. The van der Waals surface area contributed by atoms with Gasteiger partial charge in [0.25, 0.3) is 0 Å². The molecule has 0 spiro atoms. The highest BCUT2D eigenvalue weighted by Crippen LogP contribution is 2.12. The Morgan fingerprint density at radius 3 is 2.62 bits per heavy atom. The average Bonchev–Trinajstić information content (AvgIpc) is 2.36. The topological polar surface area (TPSA) is 70.8 Å². The van der Waals surface area contributed by atoms with E-state index in [4.69, 9.17) is 10.5 Å². The number of rotatable bonds is 5. The lowest BCUT2D eigenvalue weighted by Gasteiger charge is -2.41. The van der Waals surface area contributed by atoms with Gasteiger partial charge >= 0.3 is 6.09 Å². The molecule has 1 fully saturated rings. The van der Waals surface area contributed by atoms with Crippen LogP contribution in [-0.2, 0) is 4.74 Å². The summed E-state index contributed by atoms with van der Waals surface area (Å²) in [6, 6.07) is 0.864. The Bertz CT molecular complexity index is 330. The molecule has 0 bridgehead atoms. The van der Waals surface area contributed by atoms with E-state index in [2.05, 4.69) is 29.1 Å². The summed E-state index contributed by atoms with van der Waals surface area (Å²) in [5.41, 5.74) is 5.45. The molecule has 6 nitrogen and oxygen atoms in total. The van der Waals surface area contributed by atoms with Crippen molar-refractivity contribution in [2.45, 2.75) is 51.8 Å². The van der Waals surface area contributed by atoms with Gasteiger partial charge in [0.2, 0.25) is 0 Å². The lowest BCUT2D eigenvalue weighted by molar-refractivity contribution is 0.0504. The summed E-state index contributed by atoms with van der Waals surface area (Å²) in [6.45, 7) is 12.2. The first-order valence-corrected chi connectivity index (χ1v) is 7.84. The minimum absolute atomic E-state index is 0.316. The molecule has 3 N–H and O–H groups in total. The minimum atomic E-state index is -0.454. The minimum Gasteiger partial charge on any atom is -0.444 e. The van der Waals surface area contributed by atoms with E-state index in [1.807, 2.05) is 20.8 Å². The van der Waals surface area contributed by atoms with Crippen molar-refractivity contribution in [2.24, 2.45) is 5.73 Å². The van der Waals surface area contributed by atoms with Gasteiger partial charge in [0.15, 0.2) is 0 Å². The summed E-state index contributed by atoms with van der Waals surface area (Å²) in [6.07, 6.45) is 0.497. The highest BCUT2D eigenvalue weighted by Gasteiger charge is 2.25. The van der Waals surface area contributed by atoms with E-state index in [9.17, 15) is 4.79 Å². The van der Waals surface area contributed by atoms with E-state index >= 15 is 0 Å². The number of ether oxygens (including phenoxy) is 1. The average molecular weight is 300 g/mol. The summed E-state index contributed by atoms with van der Waals surface area (Å²) in [5, 5.41) is 2.81. The quantitative estimate of drug-likeness (QED) is 0.788. The van der Waals surface area contributed by atoms with Crippen molar-refractivity contribution in [3.8, 4) is 0 Å². The van der Waals surface area contributed by atoms with Crippen LogP contribution in [0, 0.1) is 0 Å². The molecule has 2 atom stereocenters. The fourth-order valence-electron chi connectivity index (χ4n) is 2.51. The standard InChI is InChI=1S/C15H32N4O2/c1-12-11-19(9-8-18(12)5)13(10-16)6-7-17-14(20)21-15(2,3)4/h12-13H,6-11,16H2,1-5H3,(H,17,20). The first-order valence-electron chi connectivity index (χ1n) is 7.84. The Hall–Kier alpha value is -0.850. The van der Waals surface area contributed by atoms with Crippen LogP contribution >= 0.6 is 0 Å². The van der Waals surface area contributed by atoms with Crippen LogP contribution in [0.3, 0.4) is 0 Å². The summed E-state index contributed by atoms with van der Waals surface area (Å²) in [7, 11) is 2.16. The molecule has 1 saturated heterocycles. The normalized spacial score (nSPS) is 22.9. The molecule has 1 aliphatic heterocycles. The molecule has 2 unspecified atom stereocenters. The third kappa shape index (κ3) is 6.63. The number of nitrogens with one attached hydrogen (secondary N) is 1. The molecule has 0 saturated carbocycles. The molecule has 0 radical (unpaired) electrons. The van der Waals surface area contributed by atoms with Crippen LogP contribution in [0.4, 0.5) is 4.79 Å². The van der Waals surface area contributed by atoms with Gasteiger partial charge in [0, 0.05) is 44.8 Å². The lowest BCUT2D eigenvalue weighted by Crippen LogP contribution is -2.55. The molecule has 0 aromatic heterocycles. The number of hydrogen-bond donors (Lipinski definition) is 2.